The summed E-state index contributed by atoms with van der Waals surface area (Å²) in [5.41, 5.74) is 0. The lowest BCUT2D eigenvalue weighted by Crippen LogP contribution is -2.27. The van der Waals surface area contributed by atoms with Crippen molar-refractivity contribution in [2.24, 2.45) is 0 Å². The summed E-state index contributed by atoms with van der Waals surface area (Å²) in [6.07, 6.45) is 7.17. The molecule has 0 unspecified atom stereocenters. The van der Waals surface area contributed by atoms with E-state index in [1.165, 1.54) is 19.3 Å². The largest absolute Gasteiger partial charge is 0.366 e. The molecular formula is C8H10BrN3. The minimum Gasteiger partial charge on any atom is -0.366 e. The van der Waals surface area contributed by atoms with Gasteiger partial charge in [-0.05, 0) is 35.2 Å². The number of nitrogens with one attached hydrogen (secondary N) is 1. The first kappa shape index (κ1) is 7.98. The highest BCUT2D eigenvalue weighted by Gasteiger charge is 2.17. The summed E-state index contributed by atoms with van der Waals surface area (Å²) >= 11 is 3.39. The molecule has 0 amide bonds. The molecule has 0 radical (unpaired) electrons. The van der Waals surface area contributed by atoms with Gasteiger partial charge in [-0.3, -0.25) is 0 Å². The molecule has 0 atom stereocenters. The molecule has 1 aliphatic carbocycles. The number of aromatic nitrogens is 2. The molecule has 3 nitrogen and oxygen atoms in total. The number of hydrogen-bond donors (Lipinski definition) is 1. The molecule has 4 heteroatoms. The third-order valence-corrected chi connectivity index (χ3v) is 2.69. The summed E-state index contributed by atoms with van der Waals surface area (Å²) in [6, 6.07) is 0.621. The summed E-state index contributed by atoms with van der Waals surface area (Å²) in [4.78, 5) is 8.03. The molecule has 1 aromatic rings. The van der Waals surface area contributed by atoms with Crippen LogP contribution in [-0.2, 0) is 0 Å². The van der Waals surface area contributed by atoms with E-state index < -0.39 is 0 Å². The van der Waals surface area contributed by atoms with Crippen molar-refractivity contribution in [2.75, 3.05) is 5.32 Å². The van der Waals surface area contributed by atoms with Crippen LogP contribution >= 0.6 is 15.9 Å². The van der Waals surface area contributed by atoms with Crippen LogP contribution in [0.1, 0.15) is 19.3 Å². The Morgan fingerprint density at radius 1 is 1.50 bits per heavy atom. The van der Waals surface area contributed by atoms with E-state index in [0.29, 0.717) is 6.04 Å². The molecule has 12 heavy (non-hydrogen) atoms. The molecule has 2 rings (SSSR count). The predicted octanol–water partition coefficient (Wildman–Crippen LogP) is 2.20. The molecule has 1 heterocycles. The second-order valence-electron chi connectivity index (χ2n) is 2.99. The zero-order valence-electron chi connectivity index (χ0n) is 6.63. The Bertz CT molecular complexity index is 273. The molecule has 0 bridgehead atoms. The van der Waals surface area contributed by atoms with Crippen LogP contribution in [-0.4, -0.2) is 16.0 Å². The van der Waals surface area contributed by atoms with E-state index in [1.54, 1.807) is 12.5 Å². The summed E-state index contributed by atoms with van der Waals surface area (Å²) in [5.74, 6) is 0.912. The van der Waals surface area contributed by atoms with Crippen molar-refractivity contribution in [1.29, 1.82) is 0 Å². The van der Waals surface area contributed by atoms with Gasteiger partial charge < -0.3 is 5.32 Å². The van der Waals surface area contributed by atoms with Crippen molar-refractivity contribution in [3.8, 4) is 0 Å². The van der Waals surface area contributed by atoms with Crippen molar-refractivity contribution in [3.63, 3.8) is 0 Å². The van der Waals surface area contributed by atoms with Gasteiger partial charge in [0.15, 0.2) is 0 Å². The first-order valence-corrected chi connectivity index (χ1v) is 4.87. The highest BCUT2D eigenvalue weighted by atomic mass is 79.9. The van der Waals surface area contributed by atoms with Crippen molar-refractivity contribution in [3.05, 3.63) is 17.0 Å². The third-order valence-electron chi connectivity index (χ3n) is 2.11. The fourth-order valence-corrected chi connectivity index (χ4v) is 1.50. The minimum absolute atomic E-state index is 0.621. The smallest absolute Gasteiger partial charge is 0.143 e. The van der Waals surface area contributed by atoms with E-state index in [-0.39, 0.29) is 0 Å². The monoisotopic (exact) mass is 227 g/mol. The van der Waals surface area contributed by atoms with Crippen molar-refractivity contribution >= 4 is 21.7 Å². The van der Waals surface area contributed by atoms with Gasteiger partial charge in [-0.15, -0.1) is 0 Å². The average molecular weight is 228 g/mol. The van der Waals surface area contributed by atoms with Crippen LogP contribution in [0, 0.1) is 0 Å². The van der Waals surface area contributed by atoms with E-state index in [4.69, 9.17) is 0 Å². The second kappa shape index (κ2) is 3.39. The highest BCUT2D eigenvalue weighted by Crippen LogP contribution is 2.25. The summed E-state index contributed by atoms with van der Waals surface area (Å²) in [7, 11) is 0. The maximum atomic E-state index is 4.13. The van der Waals surface area contributed by atoms with Gasteiger partial charge in [-0.2, -0.15) is 0 Å². The molecule has 0 spiro atoms. The van der Waals surface area contributed by atoms with Crippen LogP contribution in [0.15, 0.2) is 17.0 Å². The first-order chi connectivity index (χ1) is 5.86. The lowest BCUT2D eigenvalue weighted by Gasteiger charge is -2.27. The van der Waals surface area contributed by atoms with E-state index in [2.05, 4.69) is 31.2 Å². The molecule has 64 valence electrons. The molecular weight excluding hydrogens is 218 g/mol. The standard InChI is InChI=1S/C8H10BrN3/c9-7-4-10-5-11-8(7)12-6-2-1-3-6/h4-6H,1-3H2,(H,10,11,12). The van der Waals surface area contributed by atoms with Gasteiger partial charge >= 0.3 is 0 Å². The number of anilines is 1. The Morgan fingerprint density at radius 2 is 2.33 bits per heavy atom. The Kier molecular flexibility index (Phi) is 2.26. The van der Waals surface area contributed by atoms with Crippen molar-refractivity contribution < 1.29 is 0 Å². The van der Waals surface area contributed by atoms with Gasteiger partial charge in [0.25, 0.3) is 0 Å². The van der Waals surface area contributed by atoms with Crippen molar-refractivity contribution in [1.82, 2.24) is 9.97 Å². The first-order valence-electron chi connectivity index (χ1n) is 4.08. The lowest BCUT2D eigenvalue weighted by molar-refractivity contribution is 0.444. The average Bonchev–Trinajstić information content (AvgIpc) is 2.00. The predicted molar refractivity (Wildman–Crippen MR) is 51.0 cm³/mol. The van der Waals surface area contributed by atoms with Crippen LogP contribution in [0.3, 0.4) is 0 Å². The zero-order valence-corrected chi connectivity index (χ0v) is 8.21. The maximum Gasteiger partial charge on any atom is 0.143 e. The van der Waals surface area contributed by atoms with Crippen LogP contribution in [0.2, 0.25) is 0 Å². The molecule has 1 saturated carbocycles. The fraction of sp³-hybridized carbons (Fsp3) is 0.500. The normalized spacial score (nSPS) is 17.1. The SMILES string of the molecule is Brc1cncnc1NC1CCC1. The number of halogens is 1. The second-order valence-corrected chi connectivity index (χ2v) is 3.85. The lowest BCUT2D eigenvalue weighted by atomic mass is 9.93. The molecule has 1 aliphatic rings. The van der Waals surface area contributed by atoms with Crippen LogP contribution < -0.4 is 5.32 Å². The van der Waals surface area contributed by atoms with E-state index in [0.717, 1.165) is 10.3 Å². The Morgan fingerprint density at radius 3 is 2.92 bits per heavy atom. The van der Waals surface area contributed by atoms with Gasteiger partial charge in [0.2, 0.25) is 0 Å². The quantitative estimate of drug-likeness (QED) is 0.843. The number of nitrogens with zero attached hydrogens (tertiary/aromatic N) is 2. The summed E-state index contributed by atoms with van der Waals surface area (Å²) < 4.78 is 0.942. The topological polar surface area (TPSA) is 37.8 Å². The summed E-state index contributed by atoms with van der Waals surface area (Å²) in [6.45, 7) is 0. The molecule has 1 fully saturated rings. The third kappa shape index (κ3) is 1.58. The van der Waals surface area contributed by atoms with Crippen molar-refractivity contribution in [2.45, 2.75) is 25.3 Å². The van der Waals surface area contributed by atoms with Gasteiger partial charge in [0, 0.05) is 12.2 Å². The molecule has 1 aromatic heterocycles. The maximum absolute atomic E-state index is 4.13. The molecule has 0 aliphatic heterocycles. The fourth-order valence-electron chi connectivity index (χ4n) is 1.16. The van der Waals surface area contributed by atoms with Crippen LogP contribution in [0.4, 0.5) is 5.82 Å². The van der Waals surface area contributed by atoms with E-state index in [1.807, 2.05) is 0 Å². The highest BCUT2D eigenvalue weighted by molar-refractivity contribution is 9.10. The molecule has 1 N–H and O–H groups in total. The van der Waals surface area contributed by atoms with Gasteiger partial charge in [0.05, 0.1) is 4.47 Å². The zero-order chi connectivity index (χ0) is 8.39. The molecule has 0 saturated heterocycles. The minimum atomic E-state index is 0.621. The van der Waals surface area contributed by atoms with Gasteiger partial charge in [0.1, 0.15) is 12.1 Å². The van der Waals surface area contributed by atoms with E-state index in [9.17, 15) is 0 Å². The Balaban J connectivity index is 2.06. The Labute approximate surface area is 79.7 Å². The van der Waals surface area contributed by atoms with Crippen LogP contribution in [0.25, 0.3) is 0 Å². The van der Waals surface area contributed by atoms with Gasteiger partial charge in [-0.1, -0.05) is 0 Å². The summed E-state index contributed by atoms with van der Waals surface area (Å²) in [5, 5.41) is 3.35. The van der Waals surface area contributed by atoms with Gasteiger partial charge in [-0.25, -0.2) is 9.97 Å². The van der Waals surface area contributed by atoms with Crippen LogP contribution in [0.5, 0.6) is 0 Å². The Hall–Kier alpha value is -0.640. The molecule has 0 aromatic carbocycles. The number of hydrogen-bond acceptors (Lipinski definition) is 3. The van der Waals surface area contributed by atoms with E-state index >= 15 is 0 Å². The number of rotatable bonds is 2.